The highest BCUT2D eigenvalue weighted by atomic mass is 19.4. The largest absolute Gasteiger partial charge is 0.458 e. The van der Waals surface area contributed by atoms with Gasteiger partial charge in [0.15, 0.2) is 6.04 Å². The summed E-state index contributed by atoms with van der Waals surface area (Å²) in [5.41, 5.74) is -1.69. The highest BCUT2D eigenvalue weighted by Gasteiger charge is 2.49. The van der Waals surface area contributed by atoms with Crippen LogP contribution >= 0.6 is 0 Å². The maximum absolute atomic E-state index is 13.4. The molecule has 1 aliphatic rings. The maximum atomic E-state index is 13.4. The molecule has 2 heterocycles. The van der Waals surface area contributed by atoms with Crippen LogP contribution in [-0.2, 0) is 15.7 Å². The number of fused-ring (bicyclic) bond motifs is 1. The lowest BCUT2D eigenvalue weighted by molar-refractivity contribution is -0.155. The molecule has 2 aromatic rings. The molecular weight excluding hydrogens is 339 g/mol. The van der Waals surface area contributed by atoms with E-state index >= 15 is 0 Å². The van der Waals surface area contributed by atoms with E-state index in [-0.39, 0.29) is 17.4 Å². The summed E-state index contributed by atoms with van der Waals surface area (Å²) in [6.45, 7) is 4.92. The lowest BCUT2D eigenvalue weighted by atomic mass is 10.2. The predicted molar refractivity (Wildman–Crippen MR) is 83.7 cm³/mol. The summed E-state index contributed by atoms with van der Waals surface area (Å²) in [5, 5.41) is 1.06. The van der Waals surface area contributed by atoms with E-state index < -0.39 is 35.2 Å². The SMILES string of the molecule is CC(C)(C)OC(=O)C1CN1n1c(C(F)(F)F)nc2ccccc2c1=O. The molecule has 0 radical (unpaired) electrons. The van der Waals surface area contributed by atoms with Gasteiger partial charge in [-0.2, -0.15) is 17.8 Å². The fraction of sp³-hybridized carbons (Fsp3) is 0.438. The molecule has 6 nitrogen and oxygen atoms in total. The van der Waals surface area contributed by atoms with Crippen LogP contribution in [0.25, 0.3) is 10.9 Å². The smallest absolute Gasteiger partial charge is 0.451 e. The maximum Gasteiger partial charge on any atom is 0.451 e. The lowest BCUT2D eigenvalue weighted by Crippen LogP contribution is -2.39. The standard InChI is InChI=1S/C16H16F3N3O3/c1-15(2,3)25-13(24)11-8-21(11)22-12(23)9-6-4-5-7-10(9)20-14(22)16(17,18)19/h4-7,11H,8H2,1-3H3. The number of ether oxygens (including phenoxy) is 1. The van der Waals surface area contributed by atoms with Crippen molar-refractivity contribution in [2.24, 2.45) is 0 Å². The number of para-hydroxylation sites is 1. The topological polar surface area (TPSA) is 64.2 Å². The monoisotopic (exact) mass is 355 g/mol. The Balaban J connectivity index is 2.06. The van der Waals surface area contributed by atoms with Crippen molar-refractivity contribution in [3.8, 4) is 0 Å². The zero-order valence-corrected chi connectivity index (χ0v) is 13.8. The van der Waals surface area contributed by atoms with Gasteiger partial charge in [-0.3, -0.25) is 9.80 Å². The first kappa shape index (κ1) is 17.2. The van der Waals surface area contributed by atoms with Gasteiger partial charge in [-0.05, 0) is 32.9 Å². The summed E-state index contributed by atoms with van der Waals surface area (Å²) >= 11 is 0. The Labute approximate surface area is 140 Å². The van der Waals surface area contributed by atoms with Crippen molar-refractivity contribution < 1.29 is 22.7 Å². The minimum atomic E-state index is -4.84. The van der Waals surface area contributed by atoms with Crippen LogP contribution in [0.2, 0.25) is 0 Å². The number of benzene rings is 1. The molecule has 0 aliphatic carbocycles. The number of nitrogens with zero attached hydrogens (tertiary/aromatic N) is 3. The van der Waals surface area contributed by atoms with Crippen molar-refractivity contribution in [1.29, 1.82) is 0 Å². The molecule has 0 bridgehead atoms. The Morgan fingerprint density at radius 1 is 1.24 bits per heavy atom. The summed E-state index contributed by atoms with van der Waals surface area (Å²) < 4.78 is 45.7. The fourth-order valence-corrected chi connectivity index (χ4v) is 2.46. The van der Waals surface area contributed by atoms with Crippen LogP contribution in [0.15, 0.2) is 29.1 Å². The number of halogens is 3. The van der Waals surface area contributed by atoms with Gasteiger partial charge in [0.1, 0.15) is 5.60 Å². The lowest BCUT2D eigenvalue weighted by Gasteiger charge is -2.20. The quantitative estimate of drug-likeness (QED) is 0.610. The number of aromatic nitrogens is 2. The van der Waals surface area contributed by atoms with E-state index in [9.17, 15) is 22.8 Å². The molecule has 9 heteroatoms. The van der Waals surface area contributed by atoms with Gasteiger partial charge in [0.25, 0.3) is 5.56 Å². The Morgan fingerprint density at radius 3 is 2.48 bits per heavy atom. The number of esters is 1. The summed E-state index contributed by atoms with van der Waals surface area (Å²) in [5.74, 6) is -2.04. The Morgan fingerprint density at radius 2 is 1.88 bits per heavy atom. The van der Waals surface area contributed by atoms with Crippen molar-refractivity contribution in [3.63, 3.8) is 0 Å². The van der Waals surface area contributed by atoms with Crippen molar-refractivity contribution >= 4 is 16.9 Å². The predicted octanol–water partition coefficient (Wildman–Crippen LogP) is 2.08. The molecule has 0 saturated carbocycles. The molecule has 1 unspecified atom stereocenters. The second-order valence-electron chi connectivity index (χ2n) is 6.74. The molecule has 0 spiro atoms. The molecule has 1 fully saturated rings. The molecule has 25 heavy (non-hydrogen) atoms. The van der Waals surface area contributed by atoms with Gasteiger partial charge in [-0.25, -0.2) is 9.78 Å². The third kappa shape index (κ3) is 3.31. The summed E-state index contributed by atoms with van der Waals surface area (Å²) in [6.07, 6.45) is -4.84. The van der Waals surface area contributed by atoms with Crippen LogP contribution in [0.3, 0.4) is 0 Å². The third-order valence-electron chi connectivity index (χ3n) is 3.53. The van der Waals surface area contributed by atoms with Gasteiger partial charge in [-0.15, -0.1) is 0 Å². The molecule has 1 saturated heterocycles. The molecule has 134 valence electrons. The molecule has 1 aromatic heterocycles. The van der Waals surface area contributed by atoms with E-state index in [1.54, 1.807) is 20.8 Å². The van der Waals surface area contributed by atoms with E-state index in [1.165, 1.54) is 24.3 Å². The van der Waals surface area contributed by atoms with E-state index in [0.717, 1.165) is 5.01 Å². The molecule has 1 aromatic carbocycles. The van der Waals surface area contributed by atoms with Crippen LogP contribution in [0, 0.1) is 0 Å². The van der Waals surface area contributed by atoms with Crippen LogP contribution in [-0.4, -0.2) is 33.8 Å². The van der Waals surface area contributed by atoms with Crippen LogP contribution in [0.5, 0.6) is 0 Å². The van der Waals surface area contributed by atoms with Gasteiger partial charge in [0.05, 0.1) is 17.4 Å². The molecular formula is C16H16F3N3O3. The van der Waals surface area contributed by atoms with E-state index in [1.807, 2.05) is 0 Å². The molecule has 0 N–H and O–H groups in total. The summed E-state index contributed by atoms with van der Waals surface area (Å²) in [6, 6.07) is 4.83. The number of rotatable bonds is 2. The second-order valence-corrected chi connectivity index (χ2v) is 6.74. The minimum Gasteiger partial charge on any atom is -0.458 e. The first-order valence-electron chi connectivity index (χ1n) is 7.58. The van der Waals surface area contributed by atoms with E-state index in [0.29, 0.717) is 4.68 Å². The van der Waals surface area contributed by atoms with Crippen LogP contribution < -0.4 is 10.6 Å². The Kier molecular flexibility index (Phi) is 3.77. The van der Waals surface area contributed by atoms with Crippen LogP contribution in [0.4, 0.5) is 13.2 Å². The zero-order valence-electron chi connectivity index (χ0n) is 13.8. The first-order chi connectivity index (χ1) is 11.5. The van der Waals surface area contributed by atoms with Gasteiger partial charge >= 0.3 is 12.1 Å². The number of hydrogen-bond donors (Lipinski definition) is 0. The van der Waals surface area contributed by atoms with E-state index in [2.05, 4.69) is 4.98 Å². The second kappa shape index (κ2) is 5.47. The van der Waals surface area contributed by atoms with Crippen LogP contribution in [0.1, 0.15) is 26.6 Å². The average Bonchev–Trinajstić information content (AvgIpc) is 3.25. The third-order valence-corrected chi connectivity index (χ3v) is 3.53. The highest BCUT2D eigenvalue weighted by Crippen LogP contribution is 2.30. The molecule has 1 aliphatic heterocycles. The van der Waals surface area contributed by atoms with Gasteiger partial charge < -0.3 is 4.74 Å². The Hall–Kier alpha value is -2.58. The van der Waals surface area contributed by atoms with Crippen molar-refractivity contribution in [3.05, 3.63) is 40.4 Å². The normalized spacial score (nSPS) is 17.7. The summed E-state index contributed by atoms with van der Waals surface area (Å²) in [7, 11) is 0. The van der Waals surface area contributed by atoms with Gasteiger partial charge in [-0.1, -0.05) is 12.1 Å². The molecule has 1 atom stereocenters. The summed E-state index contributed by atoms with van der Waals surface area (Å²) in [4.78, 5) is 28.2. The van der Waals surface area contributed by atoms with Crippen molar-refractivity contribution in [1.82, 2.24) is 9.66 Å². The highest BCUT2D eigenvalue weighted by molar-refractivity contribution is 5.83. The number of hydrogen-bond acceptors (Lipinski definition) is 5. The Bertz CT molecular complexity index is 899. The van der Waals surface area contributed by atoms with Crippen molar-refractivity contribution in [2.75, 3.05) is 11.6 Å². The number of carbonyl (C=O) groups excluding carboxylic acids is 1. The van der Waals surface area contributed by atoms with Crippen molar-refractivity contribution in [2.45, 2.75) is 38.6 Å². The van der Waals surface area contributed by atoms with Gasteiger partial charge in [0.2, 0.25) is 5.82 Å². The fourth-order valence-electron chi connectivity index (χ4n) is 2.46. The van der Waals surface area contributed by atoms with Gasteiger partial charge in [0, 0.05) is 0 Å². The average molecular weight is 355 g/mol. The van der Waals surface area contributed by atoms with E-state index in [4.69, 9.17) is 4.74 Å². The first-order valence-corrected chi connectivity index (χ1v) is 7.58. The molecule has 3 rings (SSSR count). The molecule has 0 amide bonds. The zero-order chi connectivity index (χ0) is 18.6. The number of carbonyl (C=O) groups is 1. The minimum absolute atomic E-state index is 0.0437. The number of alkyl halides is 3.